The number of aromatic hydroxyl groups is 2. The average molecular weight is 1300 g/mol. The monoisotopic (exact) mass is 1300 g/mol. The van der Waals surface area contributed by atoms with Gasteiger partial charge in [-0.05, 0) is 113 Å². The SMILES string of the molecule is CN(C)c1cc(CNc2nc(-c3ccc(F)cc3)cs2)c(O)c2c1C[C@H]1C[C@H]3C(N(C)C)C(=O)C(C(N)=O)=C(O)[C@@]3(O)C(=O)C1=C2O.CN(C)c1cc(CNc2nc(C(F)(F)F)cs2)c(O)c2c1C[C@H]1C[C@H]3C(N(C)C)C(=O)C(C(N)=O)=C(O)[C@@]3(O)C(=O)C1=C2O. The zero-order chi connectivity index (χ0) is 66.7. The molecule has 0 aliphatic heterocycles. The van der Waals surface area contributed by atoms with Crippen LogP contribution in [0.1, 0.15) is 51.9 Å². The van der Waals surface area contributed by atoms with E-state index in [1.54, 1.807) is 71.5 Å². The molecule has 8 atom stereocenters. The molecule has 2 unspecified atom stereocenters. The molecule has 0 spiro atoms. The van der Waals surface area contributed by atoms with E-state index in [-0.39, 0.29) is 83.3 Å². The number of carbonyl (C=O) groups excluding carboxylic acids is 6. The zero-order valence-corrected chi connectivity index (χ0v) is 51.7. The molecule has 5 aromatic rings. The predicted molar refractivity (Wildman–Crippen MR) is 326 cm³/mol. The van der Waals surface area contributed by atoms with Crippen molar-refractivity contribution in [3.05, 3.63) is 126 Å². The third kappa shape index (κ3) is 10.6. The van der Waals surface area contributed by atoms with E-state index in [1.807, 2.05) is 10.3 Å². The van der Waals surface area contributed by atoms with E-state index < -0.39 is 134 Å². The highest BCUT2D eigenvalue weighted by atomic mass is 32.1. The van der Waals surface area contributed by atoms with Gasteiger partial charge in [-0.2, -0.15) is 13.2 Å². The molecule has 2 heterocycles. The van der Waals surface area contributed by atoms with E-state index in [2.05, 4.69) is 20.6 Å². The van der Waals surface area contributed by atoms with Gasteiger partial charge in [0, 0.05) is 103 Å². The summed E-state index contributed by atoms with van der Waals surface area (Å²) in [6.07, 6.45) is -4.42. The molecule has 6 aliphatic rings. The quantitative estimate of drug-likeness (QED) is 0.0543. The molecule has 0 radical (unpaired) electrons. The van der Waals surface area contributed by atoms with Crippen molar-refractivity contribution in [2.75, 3.05) is 76.8 Å². The Morgan fingerprint density at radius 2 is 1.03 bits per heavy atom. The van der Waals surface area contributed by atoms with Gasteiger partial charge in [0.15, 0.2) is 38.7 Å². The van der Waals surface area contributed by atoms with Gasteiger partial charge in [0.05, 0.1) is 28.9 Å². The second-order valence-electron chi connectivity index (χ2n) is 24.0. The number of alkyl halides is 3. The van der Waals surface area contributed by atoms with E-state index >= 15 is 0 Å². The summed E-state index contributed by atoms with van der Waals surface area (Å²) < 4.78 is 52.4. The second-order valence-corrected chi connectivity index (χ2v) is 25.7. The lowest BCUT2D eigenvalue weighted by molar-refractivity contribution is -0.155. The number of carbonyl (C=O) groups is 6. The second kappa shape index (κ2) is 23.4. The molecule has 11 rings (SSSR count). The minimum absolute atomic E-state index is 0.00311. The van der Waals surface area contributed by atoms with Crippen molar-refractivity contribution in [2.24, 2.45) is 35.1 Å². The Morgan fingerprint density at radius 1 is 0.637 bits per heavy atom. The number of phenols is 2. The summed E-state index contributed by atoms with van der Waals surface area (Å²) in [6.45, 7) is -0.116. The topological polar surface area (TPSA) is 379 Å². The zero-order valence-electron chi connectivity index (χ0n) is 50.0. The normalized spacial score (nSPS) is 24.5. The minimum Gasteiger partial charge on any atom is -0.508 e. The number of fused-ring (bicyclic) bond motifs is 6. The number of benzene rings is 3. The Hall–Kier alpha value is -8.94. The molecule has 30 heteroatoms. The molecule has 2 aromatic heterocycles. The van der Waals surface area contributed by atoms with Crippen LogP contribution in [-0.4, -0.2) is 175 Å². The van der Waals surface area contributed by atoms with Crippen molar-refractivity contribution < 1.29 is 87.2 Å². The fourth-order valence-corrected chi connectivity index (χ4v) is 15.1. The number of anilines is 4. The highest BCUT2D eigenvalue weighted by Gasteiger charge is 2.66. The molecule has 6 aliphatic carbocycles. The number of Topliss-reactive ketones (excluding diaryl/α,β-unsaturated/α-hetero) is 4. The number of nitrogens with zero attached hydrogens (tertiary/aromatic N) is 6. The number of rotatable bonds is 13. The number of likely N-dealkylation sites (N-methyl/N-ethyl adjacent to an activating group) is 2. The number of phenolic OH excluding ortho intramolecular Hbond substituents is 2. The maximum absolute atomic E-state index is 14.2. The van der Waals surface area contributed by atoms with Crippen LogP contribution in [0.2, 0.25) is 0 Å². The molecule has 91 heavy (non-hydrogen) atoms. The van der Waals surface area contributed by atoms with Gasteiger partial charge in [0.2, 0.25) is 11.6 Å². The van der Waals surface area contributed by atoms with E-state index in [0.717, 1.165) is 22.3 Å². The average Bonchev–Trinajstić information content (AvgIpc) is 0.989. The van der Waals surface area contributed by atoms with Crippen molar-refractivity contribution in [2.45, 2.75) is 68.2 Å². The van der Waals surface area contributed by atoms with Crippen molar-refractivity contribution in [1.82, 2.24) is 19.8 Å². The van der Waals surface area contributed by atoms with Crippen molar-refractivity contribution in [3.63, 3.8) is 0 Å². The van der Waals surface area contributed by atoms with Gasteiger partial charge in [0.25, 0.3) is 11.8 Å². The van der Waals surface area contributed by atoms with Gasteiger partial charge in [-0.3, -0.25) is 38.6 Å². The summed E-state index contributed by atoms with van der Waals surface area (Å²) >= 11 is 2.03. The van der Waals surface area contributed by atoms with Crippen LogP contribution in [0.15, 0.2) is 81.0 Å². The Morgan fingerprint density at radius 3 is 1.40 bits per heavy atom. The molecule has 2 fully saturated rings. The van der Waals surface area contributed by atoms with Gasteiger partial charge in [-0.15, -0.1) is 22.7 Å². The molecular weight excluding hydrogens is 1240 g/mol. The summed E-state index contributed by atoms with van der Waals surface area (Å²) in [5, 5.41) is 101. The number of aromatic nitrogens is 2. The van der Waals surface area contributed by atoms with E-state index in [0.29, 0.717) is 38.9 Å². The number of primary amides is 2. The number of amides is 2. The number of halogens is 4. The van der Waals surface area contributed by atoms with Crippen LogP contribution >= 0.6 is 22.7 Å². The first-order valence-corrected chi connectivity index (χ1v) is 29.9. The van der Waals surface area contributed by atoms with Gasteiger partial charge in [-0.1, -0.05) is 0 Å². The predicted octanol–water partition coefficient (Wildman–Crippen LogP) is 5.02. The molecule has 0 bridgehead atoms. The van der Waals surface area contributed by atoms with Crippen LogP contribution in [-0.2, 0) is 60.9 Å². The standard InChI is InChI=1S/C33H34FN5O7S.C28H30F3N5O7S/c1-38(2)21-11-16(12-36-32-37-20(13-47-32)14-5-7-17(34)8-6-14)26(40)23-18(21)9-15-10-19-25(39(3)4)28(42)24(31(35)45)30(44)33(19,46)29(43)22(15)27(23)41;1-35(2)14-7-11(8-33-26-34-15(9-44-26)28(29,30)31)20(37)17-12(14)5-10-6-13-19(36(3)4)22(39)18(25(32)42)24(41)27(13,43)23(40)16(10)21(17)38/h5-8,11,13,15,19,25,40-41,44,46H,9-10,12H2,1-4H3,(H2,35,45)(H,36,37);7,9-10,13,19,37-38,41,43H,5-6,8H2,1-4H3,(H2,32,42)(H,33,34)/t15-,19-,25?,33-;10-,13-,19?,27-/m00/s1. The maximum atomic E-state index is 14.2. The molecule has 2 saturated carbocycles. The summed E-state index contributed by atoms with van der Waals surface area (Å²) in [5.74, 6) is -14.9. The number of thiazole rings is 2. The number of nitrogens with one attached hydrogen (secondary N) is 2. The largest absolute Gasteiger partial charge is 0.508 e. The fraction of sp³-hybridized carbons (Fsp3) is 0.377. The number of ketones is 4. The number of hydrogen-bond donors (Lipinski definition) is 12. The smallest absolute Gasteiger partial charge is 0.434 e. The number of aliphatic hydroxyl groups excluding tert-OH is 4. The number of hydrogen-bond acceptors (Lipinski definition) is 24. The molecular formula is C61H64F4N10O14S2. The molecule has 14 N–H and O–H groups in total. The Labute approximate surface area is 524 Å². The first-order valence-electron chi connectivity index (χ1n) is 28.2. The van der Waals surface area contributed by atoms with Crippen LogP contribution in [0, 0.1) is 29.5 Å². The lowest BCUT2D eigenvalue weighted by Crippen LogP contribution is -2.65. The van der Waals surface area contributed by atoms with E-state index in [1.165, 1.54) is 47.4 Å². The van der Waals surface area contributed by atoms with Crippen LogP contribution in [0.25, 0.3) is 22.8 Å². The van der Waals surface area contributed by atoms with Gasteiger partial charge in [0.1, 0.15) is 51.5 Å². The molecule has 0 saturated heterocycles. The number of aliphatic hydroxyl groups is 6. The van der Waals surface area contributed by atoms with Crippen LogP contribution in [0.5, 0.6) is 11.5 Å². The minimum atomic E-state index is -4.63. The highest BCUT2D eigenvalue weighted by molar-refractivity contribution is 7.14. The Kier molecular flexibility index (Phi) is 16.7. The Bertz CT molecular complexity index is 4080. The lowest BCUT2D eigenvalue weighted by Gasteiger charge is -2.50. The fourth-order valence-electron chi connectivity index (χ4n) is 13.7. The van der Waals surface area contributed by atoms with Crippen molar-refractivity contribution >= 4 is 90.8 Å². The van der Waals surface area contributed by atoms with Gasteiger partial charge < -0.3 is 72.8 Å². The molecule has 24 nitrogen and oxygen atoms in total. The summed E-state index contributed by atoms with van der Waals surface area (Å²) in [6, 6.07) is 6.95. The van der Waals surface area contributed by atoms with Gasteiger partial charge >= 0.3 is 6.18 Å². The molecule has 2 amide bonds. The van der Waals surface area contributed by atoms with Crippen LogP contribution in [0.3, 0.4) is 0 Å². The maximum Gasteiger partial charge on any atom is 0.434 e. The molecule has 3 aromatic carbocycles. The van der Waals surface area contributed by atoms with Crippen molar-refractivity contribution in [3.8, 4) is 22.8 Å². The van der Waals surface area contributed by atoms with E-state index in [4.69, 9.17) is 11.5 Å². The van der Waals surface area contributed by atoms with E-state index in [9.17, 15) is 87.2 Å². The van der Waals surface area contributed by atoms with Gasteiger partial charge in [-0.25, -0.2) is 14.4 Å². The first kappa shape index (κ1) is 65.0. The van der Waals surface area contributed by atoms with Crippen molar-refractivity contribution in [1.29, 1.82) is 0 Å². The first-order chi connectivity index (χ1) is 42.6. The lowest BCUT2D eigenvalue weighted by atomic mass is 9.57. The third-order valence-electron chi connectivity index (χ3n) is 17.8. The van der Waals surface area contributed by atoms with Crippen LogP contribution in [0.4, 0.5) is 39.2 Å². The molecule has 482 valence electrons. The summed E-state index contributed by atoms with van der Waals surface area (Å²) in [4.78, 5) is 93.6. The van der Waals surface area contributed by atoms with Crippen LogP contribution < -0.4 is 31.9 Å². The summed E-state index contributed by atoms with van der Waals surface area (Å²) in [5.41, 5.74) is 5.92. The third-order valence-corrected chi connectivity index (χ3v) is 19.4. The highest BCUT2D eigenvalue weighted by Crippen LogP contribution is 2.57. The summed E-state index contributed by atoms with van der Waals surface area (Å²) in [7, 11) is 13.2. The number of nitrogens with two attached hydrogens (primary N) is 2. The Balaban J connectivity index is 0.000000200.